The lowest BCUT2D eigenvalue weighted by atomic mass is 10.0. The third-order valence-electron chi connectivity index (χ3n) is 7.74. The van der Waals surface area contributed by atoms with E-state index in [0.29, 0.717) is 23.4 Å². The summed E-state index contributed by atoms with van der Waals surface area (Å²) >= 11 is 1.24. The summed E-state index contributed by atoms with van der Waals surface area (Å²) in [6, 6.07) is 0.292. The number of benzene rings is 1. The Balaban J connectivity index is 1.60. The molecule has 14 nitrogen and oxygen atoms in total. The molecule has 1 fully saturated rings. The highest BCUT2D eigenvalue weighted by Crippen LogP contribution is 2.38. The van der Waals surface area contributed by atoms with E-state index in [1.54, 1.807) is 25.4 Å². The maximum absolute atomic E-state index is 15.9. The molecule has 1 N–H and O–H groups in total. The molecule has 2 aromatic heterocycles. The quantitative estimate of drug-likeness (QED) is 0.113. The normalized spacial score (nSPS) is 17.1. The summed E-state index contributed by atoms with van der Waals surface area (Å²) in [5, 5.41) is 10.9. The second-order valence-corrected chi connectivity index (χ2v) is 12.6. The average Bonchev–Trinajstić information content (AvgIpc) is 3.76. The first-order valence-corrected chi connectivity index (χ1v) is 16.4. The topological polar surface area (TPSA) is 172 Å². The lowest BCUT2D eigenvalue weighted by Crippen LogP contribution is -2.49. The fraction of sp³-hybridized carbons (Fsp3) is 0.500. The fourth-order valence-electron chi connectivity index (χ4n) is 5.57. The molecule has 48 heavy (non-hydrogen) atoms. The number of carbonyl (C=O) groups is 5. The van der Waals surface area contributed by atoms with E-state index in [2.05, 4.69) is 20.6 Å². The predicted molar refractivity (Wildman–Crippen MR) is 170 cm³/mol. The van der Waals surface area contributed by atoms with Crippen LogP contribution in [0, 0.1) is 18.7 Å². The second kappa shape index (κ2) is 15.9. The first kappa shape index (κ1) is 36.1. The van der Waals surface area contributed by atoms with E-state index in [1.165, 1.54) is 40.1 Å². The summed E-state index contributed by atoms with van der Waals surface area (Å²) in [6.45, 7) is 9.56. The van der Waals surface area contributed by atoms with Gasteiger partial charge in [0.1, 0.15) is 24.5 Å². The molecule has 4 atom stereocenters. The number of nitrogens with zero attached hydrogens (tertiary/aromatic N) is 5. The van der Waals surface area contributed by atoms with Crippen LogP contribution in [0.4, 0.5) is 4.39 Å². The van der Waals surface area contributed by atoms with Gasteiger partial charge in [0.2, 0.25) is 11.8 Å². The molecule has 1 aromatic carbocycles. The molecule has 2 amide bonds. The number of aromatic nitrogens is 4. The van der Waals surface area contributed by atoms with Gasteiger partial charge in [-0.25, -0.2) is 14.1 Å². The van der Waals surface area contributed by atoms with Gasteiger partial charge in [0.15, 0.2) is 11.6 Å². The summed E-state index contributed by atoms with van der Waals surface area (Å²) in [4.78, 5) is 68.5. The molecule has 0 saturated carbocycles. The van der Waals surface area contributed by atoms with E-state index in [-0.39, 0.29) is 48.2 Å². The van der Waals surface area contributed by atoms with Gasteiger partial charge < -0.3 is 29.2 Å². The largest absolute Gasteiger partial charge is 0.475 e. The molecular weight excluding hydrogens is 647 g/mol. The Morgan fingerprint density at radius 3 is 2.54 bits per heavy atom. The van der Waals surface area contributed by atoms with E-state index < -0.39 is 53.8 Å². The van der Waals surface area contributed by atoms with Crippen LogP contribution in [0.1, 0.15) is 77.2 Å². The predicted octanol–water partition coefficient (Wildman–Crippen LogP) is 3.74. The third kappa shape index (κ3) is 8.40. The van der Waals surface area contributed by atoms with Crippen LogP contribution in [-0.2, 0) is 28.7 Å². The number of aldehydes is 1. The Labute approximate surface area is 280 Å². The van der Waals surface area contributed by atoms with Gasteiger partial charge in [-0.15, -0.1) is 11.3 Å². The van der Waals surface area contributed by atoms with Gasteiger partial charge >= 0.3 is 11.9 Å². The van der Waals surface area contributed by atoms with E-state index in [1.807, 2.05) is 13.8 Å². The molecule has 0 spiro atoms. The summed E-state index contributed by atoms with van der Waals surface area (Å²) in [6.07, 6.45) is 2.36. The van der Waals surface area contributed by atoms with Gasteiger partial charge in [0.05, 0.1) is 41.5 Å². The van der Waals surface area contributed by atoms with Gasteiger partial charge in [-0.1, -0.05) is 30.2 Å². The van der Waals surface area contributed by atoms with Crippen LogP contribution in [0.25, 0.3) is 10.4 Å². The Morgan fingerprint density at radius 1 is 1.17 bits per heavy atom. The number of hydrogen-bond donors (Lipinski definition) is 1. The van der Waals surface area contributed by atoms with Crippen molar-refractivity contribution >= 4 is 41.4 Å². The molecule has 16 heteroatoms. The van der Waals surface area contributed by atoms with Gasteiger partial charge in [-0.05, 0) is 32.3 Å². The second-order valence-electron chi connectivity index (χ2n) is 11.8. The molecule has 0 bridgehead atoms. The first-order chi connectivity index (χ1) is 22.8. The van der Waals surface area contributed by atoms with Crippen LogP contribution >= 0.6 is 11.3 Å². The number of likely N-dealkylation sites (tertiary alicyclic amines) is 1. The van der Waals surface area contributed by atoms with Crippen molar-refractivity contribution < 1.29 is 42.6 Å². The number of unbranched alkanes of at least 4 members (excludes halogenated alkanes) is 1. The lowest BCUT2D eigenvalue weighted by molar-refractivity contribution is -0.147. The minimum Gasteiger partial charge on any atom is -0.475 e. The fourth-order valence-corrected chi connectivity index (χ4v) is 6.40. The summed E-state index contributed by atoms with van der Waals surface area (Å²) in [7, 11) is 0. The number of rotatable bonds is 14. The number of amides is 2. The van der Waals surface area contributed by atoms with Gasteiger partial charge in [-0.2, -0.15) is 0 Å². The highest BCUT2D eigenvalue weighted by molar-refractivity contribution is 7.13. The third-order valence-corrected chi connectivity index (χ3v) is 8.71. The molecule has 0 aliphatic carbocycles. The molecule has 1 saturated heterocycles. The van der Waals surface area contributed by atoms with Crippen LogP contribution in [-0.4, -0.2) is 80.2 Å². The SMILES string of the molecule is CC(=O)Oc1c([C@H](C)NC(=O)[C@@H]2C[C@@H](OC(C)=O)CN2C(=O)[C@H](C(C)C)n2cc(OCCCC=O)nn2)ccc(-c2scnc2C)c1F. The molecule has 4 rings (SSSR count). The molecule has 1 aliphatic heterocycles. The first-order valence-electron chi connectivity index (χ1n) is 15.5. The van der Waals surface area contributed by atoms with E-state index in [4.69, 9.17) is 14.2 Å². The van der Waals surface area contributed by atoms with E-state index in [9.17, 15) is 24.0 Å². The van der Waals surface area contributed by atoms with E-state index >= 15 is 4.39 Å². The van der Waals surface area contributed by atoms with Gasteiger partial charge in [-0.3, -0.25) is 19.2 Å². The van der Waals surface area contributed by atoms with Crippen molar-refractivity contribution in [3.05, 3.63) is 40.9 Å². The highest BCUT2D eigenvalue weighted by atomic mass is 32.1. The minimum atomic E-state index is -1.06. The Bertz CT molecular complexity index is 1660. The van der Waals surface area contributed by atoms with Crippen LogP contribution in [0.2, 0.25) is 0 Å². The van der Waals surface area contributed by atoms with E-state index in [0.717, 1.165) is 13.2 Å². The van der Waals surface area contributed by atoms with Gasteiger partial charge in [0, 0.05) is 37.8 Å². The number of esters is 2. The Kier molecular flexibility index (Phi) is 12.0. The summed E-state index contributed by atoms with van der Waals surface area (Å²) in [5.74, 6) is -3.57. The van der Waals surface area contributed by atoms with Crippen molar-refractivity contribution in [2.75, 3.05) is 13.2 Å². The molecule has 1 aliphatic rings. The molecule has 3 heterocycles. The lowest BCUT2D eigenvalue weighted by Gasteiger charge is -2.30. The smallest absolute Gasteiger partial charge is 0.308 e. The Hall–Kier alpha value is -4.73. The maximum Gasteiger partial charge on any atom is 0.308 e. The van der Waals surface area contributed by atoms with Crippen molar-refractivity contribution in [3.8, 4) is 22.1 Å². The number of halogens is 1. The number of ether oxygens (including phenoxy) is 3. The summed E-state index contributed by atoms with van der Waals surface area (Å²) < 4.78 is 33.5. The standard InChI is InChI=1S/C32H39FN6O8S/c1-17(2)28(39-15-26(36-37-39)45-12-8-7-11-40)32(44)38-14-22(46-20(5)41)13-25(38)31(43)35-18(3)23-9-10-24(30-19(4)34-16-48-30)27(33)29(23)47-21(6)42/h9-11,15-18,22,25,28H,7-8,12-14H2,1-6H3,(H,35,43)/t18-,22+,25-,28-/m0/s1. The highest BCUT2D eigenvalue weighted by Gasteiger charge is 2.45. The van der Waals surface area contributed by atoms with Crippen molar-refractivity contribution in [2.45, 2.75) is 85.0 Å². The zero-order chi connectivity index (χ0) is 35.1. The number of carbonyl (C=O) groups excluding carboxylic acids is 5. The van der Waals surface area contributed by atoms with Crippen LogP contribution in [0.3, 0.4) is 0 Å². The average molecular weight is 687 g/mol. The van der Waals surface area contributed by atoms with Crippen LogP contribution in [0.5, 0.6) is 11.6 Å². The zero-order valence-electron chi connectivity index (χ0n) is 27.6. The number of aryl methyl sites for hydroxylation is 1. The van der Waals surface area contributed by atoms with Crippen molar-refractivity contribution in [3.63, 3.8) is 0 Å². The maximum atomic E-state index is 15.9. The molecule has 0 unspecified atom stereocenters. The van der Waals surface area contributed by atoms with Crippen molar-refractivity contribution in [2.24, 2.45) is 5.92 Å². The minimum absolute atomic E-state index is 0.0197. The summed E-state index contributed by atoms with van der Waals surface area (Å²) in [5.41, 5.74) is 2.60. The Morgan fingerprint density at radius 2 is 1.92 bits per heavy atom. The number of thiazole rings is 1. The van der Waals surface area contributed by atoms with Crippen LogP contribution < -0.4 is 14.8 Å². The van der Waals surface area contributed by atoms with Gasteiger partial charge in [0.25, 0.3) is 5.88 Å². The monoisotopic (exact) mass is 686 g/mol. The van der Waals surface area contributed by atoms with Crippen molar-refractivity contribution in [1.82, 2.24) is 30.2 Å². The van der Waals surface area contributed by atoms with Crippen molar-refractivity contribution in [1.29, 1.82) is 0 Å². The van der Waals surface area contributed by atoms with Crippen LogP contribution in [0.15, 0.2) is 23.8 Å². The molecule has 0 radical (unpaired) electrons. The zero-order valence-corrected chi connectivity index (χ0v) is 28.4. The molecule has 258 valence electrons. The molecular formula is C32H39FN6O8S. The number of hydrogen-bond acceptors (Lipinski definition) is 12. The number of nitrogens with one attached hydrogen (secondary N) is 1. The molecule has 3 aromatic rings.